The first kappa shape index (κ1) is 14.6. The van der Waals surface area contributed by atoms with Crippen LogP contribution in [0.4, 0.5) is 10.2 Å². The van der Waals surface area contributed by atoms with Crippen molar-refractivity contribution in [1.82, 2.24) is 9.38 Å². The molecule has 0 amide bonds. The summed E-state index contributed by atoms with van der Waals surface area (Å²) in [4.78, 5) is 4.65. The summed E-state index contributed by atoms with van der Waals surface area (Å²) in [7, 11) is 0. The number of hydrogen-bond donors (Lipinski definition) is 1. The number of fused-ring (bicyclic) bond motifs is 1. The van der Waals surface area contributed by atoms with E-state index in [-0.39, 0.29) is 11.4 Å². The van der Waals surface area contributed by atoms with Crippen LogP contribution < -0.4 is 5.32 Å². The molecule has 0 aliphatic carbocycles. The minimum absolute atomic E-state index is 0.152. The maximum absolute atomic E-state index is 14.2. The minimum atomic E-state index is -0.264. The topological polar surface area (TPSA) is 29.3 Å². The standard InChI is InChI=1S/C18H20FN3/c1-12-9-10-22-15(11-12)20-16(17(22)21-18(2,3)4)13-7-5-6-8-14(13)19/h5-11,21H,1-4H3. The lowest BCUT2D eigenvalue weighted by Crippen LogP contribution is -2.27. The van der Waals surface area contributed by atoms with Crippen LogP contribution in [0.15, 0.2) is 42.6 Å². The number of aryl methyl sites for hydroxylation is 1. The molecule has 3 aromatic rings. The van der Waals surface area contributed by atoms with Gasteiger partial charge in [-0.05, 0) is 57.5 Å². The number of benzene rings is 1. The fourth-order valence-electron chi connectivity index (χ4n) is 2.46. The van der Waals surface area contributed by atoms with Gasteiger partial charge in [-0.2, -0.15) is 0 Å². The molecule has 0 spiro atoms. The SMILES string of the molecule is Cc1ccn2c(NC(C)(C)C)c(-c3ccccc3F)nc2c1. The second kappa shape index (κ2) is 5.13. The summed E-state index contributed by atoms with van der Waals surface area (Å²) in [5.74, 6) is 0.548. The lowest BCUT2D eigenvalue weighted by molar-refractivity contribution is 0.625. The Bertz CT molecular complexity index is 828. The van der Waals surface area contributed by atoms with Crippen LogP contribution in [-0.2, 0) is 0 Å². The molecular weight excluding hydrogens is 277 g/mol. The second-order valence-corrected chi connectivity index (χ2v) is 6.60. The van der Waals surface area contributed by atoms with E-state index in [1.54, 1.807) is 12.1 Å². The monoisotopic (exact) mass is 297 g/mol. The molecule has 0 fully saturated rings. The zero-order valence-corrected chi connectivity index (χ0v) is 13.3. The molecule has 3 nitrogen and oxygen atoms in total. The summed E-state index contributed by atoms with van der Waals surface area (Å²) in [6.45, 7) is 8.25. The number of aromatic nitrogens is 2. The van der Waals surface area contributed by atoms with Gasteiger partial charge in [0.1, 0.15) is 23.0 Å². The van der Waals surface area contributed by atoms with Crippen LogP contribution in [-0.4, -0.2) is 14.9 Å². The molecule has 3 rings (SSSR count). The minimum Gasteiger partial charge on any atom is -0.365 e. The molecule has 0 radical (unpaired) electrons. The van der Waals surface area contributed by atoms with E-state index in [9.17, 15) is 4.39 Å². The van der Waals surface area contributed by atoms with Gasteiger partial charge in [0.25, 0.3) is 0 Å². The Morgan fingerprint density at radius 3 is 2.55 bits per heavy atom. The van der Waals surface area contributed by atoms with E-state index < -0.39 is 0 Å². The third kappa shape index (κ3) is 2.69. The van der Waals surface area contributed by atoms with Crippen LogP contribution in [0.2, 0.25) is 0 Å². The maximum atomic E-state index is 14.2. The normalized spacial score (nSPS) is 11.9. The Balaban J connectivity index is 2.28. The first-order valence-corrected chi connectivity index (χ1v) is 7.37. The zero-order valence-electron chi connectivity index (χ0n) is 13.3. The molecule has 0 aliphatic heterocycles. The summed E-state index contributed by atoms with van der Waals surface area (Å²) in [6, 6.07) is 10.8. The van der Waals surface area contributed by atoms with Gasteiger partial charge in [0.15, 0.2) is 0 Å². The number of imidazole rings is 1. The van der Waals surface area contributed by atoms with Crippen molar-refractivity contribution < 1.29 is 4.39 Å². The third-order valence-electron chi connectivity index (χ3n) is 3.40. The smallest absolute Gasteiger partial charge is 0.139 e. The number of hydrogen-bond acceptors (Lipinski definition) is 2. The first-order valence-electron chi connectivity index (χ1n) is 7.37. The Morgan fingerprint density at radius 1 is 1.14 bits per heavy atom. The van der Waals surface area contributed by atoms with Crippen molar-refractivity contribution in [1.29, 1.82) is 0 Å². The second-order valence-electron chi connectivity index (χ2n) is 6.60. The van der Waals surface area contributed by atoms with Crippen molar-refractivity contribution in [2.24, 2.45) is 0 Å². The van der Waals surface area contributed by atoms with E-state index in [0.29, 0.717) is 11.3 Å². The predicted molar refractivity (Wildman–Crippen MR) is 88.7 cm³/mol. The predicted octanol–water partition coefficient (Wildman–Crippen LogP) is 4.66. The fraction of sp³-hybridized carbons (Fsp3) is 0.278. The van der Waals surface area contributed by atoms with Gasteiger partial charge in [0.05, 0.1) is 0 Å². The summed E-state index contributed by atoms with van der Waals surface area (Å²) in [5.41, 5.74) is 2.93. The van der Waals surface area contributed by atoms with Gasteiger partial charge in [0, 0.05) is 17.3 Å². The van der Waals surface area contributed by atoms with Crippen LogP contribution in [0.1, 0.15) is 26.3 Å². The summed E-state index contributed by atoms with van der Waals surface area (Å²) >= 11 is 0. The van der Waals surface area contributed by atoms with Gasteiger partial charge in [-0.1, -0.05) is 12.1 Å². The molecule has 114 valence electrons. The molecule has 0 saturated heterocycles. The quantitative estimate of drug-likeness (QED) is 0.745. The van der Waals surface area contributed by atoms with Crippen molar-refractivity contribution in [2.45, 2.75) is 33.2 Å². The molecule has 2 aromatic heterocycles. The Kier molecular flexibility index (Phi) is 3.39. The highest BCUT2D eigenvalue weighted by Crippen LogP contribution is 2.32. The molecule has 0 saturated carbocycles. The average Bonchev–Trinajstić information content (AvgIpc) is 2.75. The molecule has 0 atom stereocenters. The van der Waals surface area contributed by atoms with Gasteiger partial charge < -0.3 is 5.32 Å². The summed E-state index contributed by atoms with van der Waals surface area (Å²) in [6.07, 6.45) is 1.97. The van der Waals surface area contributed by atoms with Gasteiger partial charge in [-0.15, -0.1) is 0 Å². The lowest BCUT2D eigenvalue weighted by atomic mass is 10.1. The highest BCUT2D eigenvalue weighted by molar-refractivity contribution is 5.77. The molecule has 1 aromatic carbocycles. The number of rotatable bonds is 2. The van der Waals surface area contributed by atoms with Gasteiger partial charge in [-0.25, -0.2) is 9.37 Å². The Labute approximate surface area is 129 Å². The van der Waals surface area contributed by atoms with Crippen molar-refractivity contribution in [3.8, 4) is 11.3 Å². The number of nitrogens with one attached hydrogen (secondary N) is 1. The molecule has 22 heavy (non-hydrogen) atoms. The van der Waals surface area contributed by atoms with Crippen LogP contribution in [0.5, 0.6) is 0 Å². The molecule has 4 heteroatoms. The third-order valence-corrected chi connectivity index (χ3v) is 3.40. The number of anilines is 1. The maximum Gasteiger partial charge on any atom is 0.139 e. The highest BCUT2D eigenvalue weighted by atomic mass is 19.1. The average molecular weight is 297 g/mol. The van der Waals surface area contributed by atoms with Crippen molar-refractivity contribution in [3.05, 3.63) is 54.0 Å². The summed E-state index contributed by atoms with van der Waals surface area (Å²) in [5, 5.41) is 3.45. The van der Waals surface area contributed by atoms with Gasteiger partial charge in [0.2, 0.25) is 0 Å². The van der Waals surface area contributed by atoms with Gasteiger partial charge >= 0.3 is 0 Å². The molecule has 0 unspecified atom stereocenters. The van der Waals surface area contributed by atoms with E-state index in [1.165, 1.54) is 6.07 Å². The Morgan fingerprint density at radius 2 is 1.86 bits per heavy atom. The molecule has 0 aliphatic rings. The van der Waals surface area contributed by atoms with Crippen molar-refractivity contribution in [3.63, 3.8) is 0 Å². The van der Waals surface area contributed by atoms with E-state index in [2.05, 4.69) is 31.1 Å². The molecule has 1 N–H and O–H groups in total. The molecule has 0 bridgehead atoms. The number of pyridine rings is 1. The van der Waals surface area contributed by atoms with Crippen LogP contribution in [0.25, 0.3) is 16.9 Å². The fourth-order valence-corrected chi connectivity index (χ4v) is 2.46. The Hall–Kier alpha value is -2.36. The summed E-state index contributed by atoms with van der Waals surface area (Å²) < 4.78 is 16.2. The molecular formula is C18H20FN3. The van der Waals surface area contributed by atoms with E-state index in [1.807, 2.05) is 35.7 Å². The van der Waals surface area contributed by atoms with Crippen LogP contribution in [0.3, 0.4) is 0 Å². The number of halogens is 1. The van der Waals surface area contributed by atoms with Crippen LogP contribution >= 0.6 is 0 Å². The van der Waals surface area contributed by atoms with E-state index >= 15 is 0 Å². The van der Waals surface area contributed by atoms with Gasteiger partial charge in [-0.3, -0.25) is 4.40 Å². The highest BCUT2D eigenvalue weighted by Gasteiger charge is 2.20. The number of nitrogens with zero attached hydrogens (tertiary/aromatic N) is 2. The van der Waals surface area contributed by atoms with Crippen molar-refractivity contribution >= 4 is 11.5 Å². The first-order chi connectivity index (χ1) is 10.3. The van der Waals surface area contributed by atoms with Crippen molar-refractivity contribution in [2.75, 3.05) is 5.32 Å². The zero-order chi connectivity index (χ0) is 15.9. The van der Waals surface area contributed by atoms with E-state index in [0.717, 1.165) is 17.0 Å². The lowest BCUT2D eigenvalue weighted by Gasteiger charge is -2.22. The van der Waals surface area contributed by atoms with E-state index in [4.69, 9.17) is 0 Å². The van der Waals surface area contributed by atoms with Crippen LogP contribution in [0, 0.1) is 12.7 Å². The molecule has 2 heterocycles. The largest absolute Gasteiger partial charge is 0.365 e.